The summed E-state index contributed by atoms with van der Waals surface area (Å²) in [6.45, 7) is 11.5. The van der Waals surface area contributed by atoms with Crippen molar-refractivity contribution in [3.63, 3.8) is 0 Å². The molecule has 4 fully saturated rings. The molecule has 4 unspecified atom stereocenters. The maximum absolute atomic E-state index is 6.86. The summed E-state index contributed by atoms with van der Waals surface area (Å²) in [4.78, 5) is 0. The van der Waals surface area contributed by atoms with Crippen molar-refractivity contribution in [2.24, 2.45) is 0 Å². The van der Waals surface area contributed by atoms with Gasteiger partial charge in [0.05, 0.1) is 10.7 Å². The third-order valence-electron chi connectivity index (χ3n) is 5.98. The second kappa shape index (κ2) is 6.24. The second-order valence-corrected chi connectivity index (χ2v) is 10.7. The largest absolute Gasteiger partial charge is 0.338 e. The van der Waals surface area contributed by atoms with E-state index in [-0.39, 0.29) is 30.2 Å². The summed E-state index contributed by atoms with van der Waals surface area (Å²) in [7, 11) is -0.316. The van der Waals surface area contributed by atoms with Crippen molar-refractivity contribution in [3.05, 3.63) is 0 Å². The van der Waals surface area contributed by atoms with Crippen LogP contribution in [0.5, 0.6) is 0 Å². The fraction of sp³-hybridized carbons (Fsp3) is 1.00. The number of rotatable bonds is 8. The standard InChI is InChI=1S/C19H35O3P/c1-6-10-16-14-18(12-8-3)22-17(20-16,11-7-2)15-19(21-16,13-9-4)23(18)5/h6-15H2,1-5H3. The molecular weight excluding hydrogens is 307 g/mol. The van der Waals surface area contributed by atoms with E-state index in [2.05, 4.69) is 34.4 Å². The van der Waals surface area contributed by atoms with Crippen LogP contribution in [0.2, 0.25) is 0 Å². The molecule has 0 radical (unpaired) electrons. The Morgan fingerprint density at radius 3 is 1.39 bits per heavy atom. The van der Waals surface area contributed by atoms with E-state index in [4.69, 9.17) is 14.2 Å². The van der Waals surface area contributed by atoms with Crippen LogP contribution in [0, 0.1) is 0 Å². The number of hydrogen-bond donors (Lipinski definition) is 0. The zero-order valence-corrected chi connectivity index (χ0v) is 16.6. The minimum atomic E-state index is -0.389. The van der Waals surface area contributed by atoms with E-state index in [1.807, 2.05) is 0 Å². The lowest BCUT2D eigenvalue weighted by molar-refractivity contribution is -0.486. The average molecular weight is 342 g/mol. The van der Waals surface area contributed by atoms with E-state index in [1.165, 1.54) is 12.8 Å². The van der Waals surface area contributed by atoms with Gasteiger partial charge in [0.25, 0.3) is 0 Å². The van der Waals surface area contributed by atoms with Crippen molar-refractivity contribution in [1.82, 2.24) is 0 Å². The molecule has 0 amide bonds. The van der Waals surface area contributed by atoms with Crippen LogP contribution in [0.3, 0.4) is 0 Å². The second-order valence-electron chi connectivity index (χ2n) is 7.93. The molecule has 134 valence electrons. The molecule has 0 spiro atoms. The Labute approximate surface area is 143 Å². The van der Waals surface area contributed by atoms with Crippen LogP contribution in [0.25, 0.3) is 0 Å². The first kappa shape index (κ1) is 18.1. The highest BCUT2D eigenvalue weighted by Crippen LogP contribution is 2.78. The highest BCUT2D eigenvalue weighted by atomic mass is 31.1. The molecule has 0 aromatic rings. The smallest absolute Gasteiger partial charge is 0.176 e. The van der Waals surface area contributed by atoms with Crippen molar-refractivity contribution in [3.8, 4) is 0 Å². The van der Waals surface area contributed by atoms with Crippen molar-refractivity contribution in [2.75, 3.05) is 6.66 Å². The fourth-order valence-corrected chi connectivity index (χ4v) is 8.84. The van der Waals surface area contributed by atoms with Gasteiger partial charge in [-0.1, -0.05) is 53.4 Å². The van der Waals surface area contributed by atoms with Crippen LogP contribution in [-0.2, 0) is 14.2 Å². The highest BCUT2D eigenvalue weighted by Gasteiger charge is 2.73. The third kappa shape index (κ3) is 2.71. The summed E-state index contributed by atoms with van der Waals surface area (Å²) < 4.78 is 20.4. The Balaban J connectivity index is 2.06. The molecule has 23 heavy (non-hydrogen) atoms. The molecule has 4 saturated heterocycles. The van der Waals surface area contributed by atoms with Gasteiger partial charge < -0.3 is 14.2 Å². The highest BCUT2D eigenvalue weighted by molar-refractivity contribution is 7.60. The van der Waals surface area contributed by atoms with Gasteiger partial charge in [0.1, 0.15) is 0 Å². The summed E-state index contributed by atoms with van der Waals surface area (Å²) in [6.07, 6.45) is 10.8. The molecule has 0 aromatic carbocycles. The van der Waals surface area contributed by atoms with Gasteiger partial charge in [0, 0.05) is 25.7 Å². The van der Waals surface area contributed by atoms with Crippen molar-refractivity contribution >= 4 is 7.92 Å². The maximum atomic E-state index is 6.86. The van der Waals surface area contributed by atoms with Crippen LogP contribution < -0.4 is 0 Å². The Kier molecular flexibility index (Phi) is 4.91. The molecule has 4 aliphatic rings. The summed E-state index contributed by atoms with van der Waals surface area (Å²) in [5, 5.41) is 0.0245. The molecule has 0 saturated carbocycles. The fourth-order valence-electron chi connectivity index (χ4n) is 5.42. The summed E-state index contributed by atoms with van der Waals surface area (Å²) in [5.41, 5.74) is 0. The van der Waals surface area contributed by atoms with E-state index in [9.17, 15) is 0 Å². The first-order chi connectivity index (χ1) is 10.9. The minimum absolute atomic E-state index is 0.0122. The molecule has 4 heteroatoms. The summed E-state index contributed by atoms with van der Waals surface area (Å²) in [5.74, 6) is -0.779. The van der Waals surface area contributed by atoms with Gasteiger partial charge in [-0.15, -0.1) is 0 Å². The van der Waals surface area contributed by atoms with Crippen molar-refractivity contribution < 1.29 is 14.2 Å². The Bertz CT molecular complexity index is 386. The molecule has 4 aliphatic heterocycles. The lowest BCUT2D eigenvalue weighted by atomic mass is 9.88. The summed E-state index contributed by atoms with van der Waals surface area (Å²) in [6, 6.07) is 0. The van der Waals surface area contributed by atoms with E-state index in [0.29, 0.717) is 0 Å². The molecule has 4 rings (SSSR count). The molecular formula is C19H35O3P. The van der Waals surface area contributed by atoms with Gasteiger partial charge in [-0.2, -0.15) is 0 Å². The first-order valence-electron chi connectivity index (χ1n) is 9.78. The predicted octanol–water partition coefficient (Wildman–Crippen LogP) is 5.95. The molecule has 3 nitrogen and oxygen atoms in total. The molecule has 0 aromatic heterocycles. The quantitative estimate of drug-likeness (QED) is 0.510. The van der Waals surface area contributed by atoms with Crippen LogP contribution >= 0.6 is 7.92 Å². The molecule has 4 atom stereocenters. The van der Waals surface area contributed by atoms with E-state index in [0.717, 1.165) is 51.4 Å². The van der Waals surface area contributed by atoms with Crippen molar-refractivity contribution in [1.29, 1.82) is 0 Å². The lowest BCUT2D eigenvalue weighted by Gasteiger charge is -2.72. The Hall–Kier alpha value is 0.310. The van der Waals surface area contributed by atoms with E-state index in [1.54, 1.807) is 0 Å². The van der Waals surface area contributed by atoms with Crippen LogP contribution in [0.1, 0.15) is 91.9 Å². The molecule has 4 bridgehead atoms. The zero-order chi connectivity index (χ0) is 16.8. The molecule has 4 heterocycles. The van der Waals surface area contributed by atoms with Gasteiger partial charge in [-0.25, -0.2) is 0 Å². The van der Waals surface area contributed by atoms with Gasteiger partial charge in [0.2, 0.25) is 0 Å². The van der Waals surface area contributed by atoms with Gasteiger partial charge in [-0.05, 0) is 27.4 Å². The maximum Gasteiger partial charge on any atom is 0.176 e. The number of ether oxygens (including phenoxy) is 3. The zero-order valence-electron chi connectivity index (χ0n) is 15.7. The van der Waals surface area contributed by atoms with Crippen molar-refractivity contribution in [2.45, 2.75) is 114 Å². The number of hydrogen-bond acceptors (Lipinski definition) is 3. The molecule has 0 N–H and O–H groups in total. The lowest BCUT2D eigenvalue weighted by Crippen LogP contribution is -2.74. The normalized spacial score (nSPS) is 48.1. The van der Waals surface area contributed by atoms with E-state index < -0.39 is 0 Å². The van der Waals surface area contributed by atoms with Gasteiger partial charge >= 0.3 is 0 Å². The Morgan fingerprint density at radius 1 is 0.652 bits per heavy atom. The summed E-state index contributed by atoms with van der Waals surface area (Å²) >= 11 is 0. The van der Waals surface area contributed by atoms with Crippen LogP contribution in [0.4, 0.5) is 0 Å². The topological polar surface area (TPSA) is 27.7 Å². The first-order valence-corrected chi connectivity index (χ1v) is 11.6. The third-order valence-corrected chi connectivity index (χ3v) is 9.37. The SMILES string of the molecule is CCCC12CC3(CCC)OC(CCC)(CC(CCC)(O1)P3C)O2. The van der Waals surface area contributed by atoms with Gasteiger partial charge in [-0.3, -0.25) is 0 Å². The Morgan fingerprint density at radius 2 is 1.04 bits per heavy atom. The monoisotopic (exact) mass is 342 g/mol. The minimum Gasteiger partial charge on any atom is -0.338 e. The van der Waals surface area contributed by atoms with Crippen LogP contribution in [-0.4, -0.2) is 28.9 Å². The average Bonchev–Trinajstić information content (AvgIpc) is 2.44. The van der Waals surface area contributed by atoms with Crippen LogP contribution in [0.15, 0.2) is 0 Å². The van der Waals surface area contributed by atoms with Gasteiger partial charge in [0.15, 0.2) is 11.6 Å². The van der Waals surface area contributed by atoms with E-state index >= 15 is 0 Å². The molecule has 0 aliphatic carbocycles. The predicted molar refractivity (Wildman–Crippen MR) is 95.9 cm³/mol.